The predicted octanol–water partition coefficient (Wildman–Crippen LogP) is 1.57. The highest BCUT2D eigenvalue weighted by atomic mass is 28.4. The van der Waals surface area contributed by atoms with Gasteiger partial charge in [-0.05, 0) is 19.6 Å². The summed E-state index contributed by atoms with van der Waals surface area (Å²) in [6.45, 7) is 6.45. The van der Waals surface area contributed by atoms with Crippen molar-refractivity contribution >= 4 is 14.1 Å². The van der Waals surface area contributed by atoms with Crippen LogP contribution in [0.1, 0.15) is 12.8 Å². The number of carbonyl (C=O) groups is 1. The Bertz CT molecular complexity index is 140. The molecule has 0 aromatic carbocycles. The van der Waals surface area contributed by atoms with Crippen molar-refractivity contribution in [3.63, 3.8) is 0 Å². The SMILES string of the molecule is C[Si](C)(C)OC1CC(=O)C1. The van der Waals surface area contributed by atoms with E-state index in [1.807, 2.05) is 0 Å². The zero-order valence-electron chi connectivity index (χ0n) is 6.81. The normalized spacial score (nSPS) is 20.9. The predicted molar refractivity (Wildman–Crippen MR) is 42.5 cm³/mol. The monoisotopic (exact) mass is 158 g/mol. The topological polar surface area (TPSA) is 26.3 Å². The molecule has 1 saturated carbocycles. The number of hydrogen-bond acceptors (Lipinski definition) is 2. The van der Waals surface area contributed by atoms with E-state index in [0.717, 1.165) is 0 Å². The minimum Gasteiger partial charge on any atom is -0.414 e. The third-order valence-electron chi connectivity index (χ3n) is 1.43. The molecule has 58 valence electrons. The zero-order chi connectivity index (χ0) is 7.78. The summed E-state index contributed by atoms with van der Waals surface area (Å²) in [5.74, 6) is 0.350. The average molecular weight is 158 g/mol. The van der Waals surface area contributed by atoms with Crippen molar-refractivity contribution in [1.29, 1.82) is 0 Å². The van der Waals surface area contributed by atoms with Crippen LogP contribution in [0.15, 0.2) is 0 Å². The van der Waals surface area contributed by atoms with Crippen LogP contribution in [-0.2, 0) is 9.22 Å². The van der Waals surface area contributed by atoms with E-state index in [2.05, 4.69) is 19.6 Å². The summed E-state index contributed by atoms with van der Waals surface area (Å²) in [6.07, 6.45) is 1.58. The molecule has 1 rings (SSSR count). The minimum absolute atomic E-state index is 0.263. The summed E-state index contributed by atoms with van der Waals surface area (Å²) >= 11 is 0. The number of ketones is 1. The molecule has 1 aliphatic rings. The Morgan fingerprint density at radius 3 is 2.20 bits per heavy atom. The van der Waals surface area contributed by atoms with Gasteiger partial charge in [-0.25, -0.2) is 0 Å². The molecule has 0 spiro atoms. The Hall–Kier alpha value is -0.153. The van der Waals surface area contributed by atoms with E-state index in [4.69, 9.17) is 4.43 Å². The number of Topliss-reactive ketones (excluding diaryl/α,β-unsaturated/α-hetero) is 1. The Morgan fingerprint density at radius 1 is 1.40 bits per heavy atom. The third kappa shape index (κ3) is 2.23. The first-order chi connectivity index (χ1) is 4.47. The second-order valence-corrected chi connectivity index (χ2v) is 8.26. The van der Waals surface area contributed by atoms with Crippen LogP contribution in [0.5, 0.6) is 0 Å². The molecule has 0 aliphatic heterocycles. The first-order valence-corrected chi connectivity index (χ1v) is 7.08. The second kappa shape index (κ2) is 2.47. The van der Waals surface area contributed by atoms with E-state index in [-0.39, 0.29) is 6.10 Å². The standard InChI is InChI=1S/C7H14O2Si/c1-10(2,3)9-7-4-6(8)5-7/h7H,4-5H2,1-3H3. The summed E-state index contributed by atoms with van der Waals surface area (Å²) in [6, 6.07) is 0. The summed E-state index contributed by atoms with van der Waals surface area (Å²) in [5, 5.41) is 0. The van der Waals surface area contributed by atoms with Crippen LogP contribution in [0.2, 0.25) is 19.6 Å². The summed E-state index contributed by atoms with van der Waals surface area (Å²) in [4.78, 5) is 10.5. The van der Waals surface area contributed by atoms with Gasteiger partial charge in [-0.1, -0.05) is 0 Å². The highest BCUT2D eigenvalue weighted by Gasteiger charge is 2.31. The molecule has 0 amide bonds. The van der Waals surface area contributed by atoms with Crippen LogP contribution in [-0.4, -0.2) is 20.2 Å². The number of hydrogen-bond donors (Lipinski definition) is 0. The van der Waals surface area contributed by atoms with E-state index in [9.17, 15) is 4.79 Å². The number of carbonyl (C=O) groups excluding carboxylic acids is 1. The molecule has 0 N–H and O–H groups in total. The Balaban J connectivity index is 2.22. The fourth-order valence-electron chi connectivity index (χ4n) is 1.03. The van der Waals surface area contributed by atoms with E-state index >= 15 is 0 Å². The quantitative estimate of drug-likeness (QED) is 0.570. The first-order valence-electron chi connectivity index (χ1n) is 3.67. The fourth-order valence-corrected chi connectivity index (χ4v) is 2.20. The highest BCUT2D eigenvalue weighted by molar-refractivity contribution is 6.69. The lowest BCUT2D eigenvalue weighted by Gasteiger charge is -2.31. The van der Waals surface area contributed by atoms with Gasteiger partial charge in [-0.3, -0.25) is 4.79 Å². The van der Waals surface area contributed by atoms with Gasteiger partial charge in [-0.2, -0.15) is 0 Å². The molecule has 0 saturated heterocycles. The van der Waals surface area contributed by atoms with Gasteiger partial charge in [0.05, 0.1) is 6.10 Å². The Kier molecular flexibility index (Phi) is 1.96. The molecule has 0 aromatic rings. The van der Waals surface area contributed by atoms with Crippen LogP contribution in [0.3, 0.4) is 0 Å². The Morgan fingerprint density at radius 2 is 1.90 bits per heavy atom. The lowest BCUT2D eigenvalue weighted by molar-refractivity contribution is -0.129. The minimum atomic E-state index is -1.37. The van der Waals surface area contributed by atoms with Gasteiger partial charge >= 0.3 is 0 Å². The van der Waals surface area contributed by atoms with Gasteiger partial charge in [0.25, 0.3) is 0 Å². The van der Waals surface area contributed by atoms with Crippen molar-refractivity contribution in [2.45, 2.75) is 38.6 Å². The molecule has 1 fully saturated rings. The molecular formula is C7H14O2Si. The van der Waals surface area contributed by atoms with Crippen molar-refractivity contribution < 1.29 is 9.22 Å². The molecule has 10 heavy (non-hydrogen) atoms. The summed E-state index contributed by atoms with van der Waals surface area (Å²) in [7, 11) is -1.37. The molecule has 0 heterocycles. The van der Waals surface area contributed by atoms with Crippen LogP contribution in [0.4, 0.5) is 0 Å². The molecular weight excluding hydrogens is 144 g/mol. The van der Waals surface area contributed by atoms with E-state index in [0.29, 0.717) is 18.6 Å². The lowest BCUT2D eigenvalue weighted by Crippen LogP contribution is -2.40. The maximum atomic E-state index is 10.5. The maximum Gasteiger partial charge on any atom is 0.184 e. The van der Waals surface area contributed by atoms with Gasteiger partial charge in [0, 0.05) is 12.8 Å². The van der Waals surface area contributed by atoms with E-state index in [1.54, 1.807) is 0 Å². The third-order valence-corrected chi connectivity index (χ3v) is 2.47. The summed E-state index contributed by atoms with van der Waals surface area (Å²) in [5.41, 5.74) is 0. The first kappa shape index (κ1) is 7.95. The van der Waals surface area contributed by atoms with Crippen molar-refractivity contribution in [2.75, 3.05) is 0 Å². The smallest absolute Gasteiger partial charge is 0.184 e. The van der Waals surface area contributed by atoms with Gasteiger partial charge in [0.2, 0.25) is 0 Å². The van der Waals surface area contributed by atoms with Gasteiger partial charge < -0.3 is 4.43 Å². The molecule has 1 aliphatic carbocycles. The summed E-state index contributed by atoms with van der Waals surface area (Å²) < 4.78 is 5.66. The molecule has 0 aromatic heterocycles. The van der Waals surface area contributed by atoms with Crippen molar-refractivity contribution in [2.24, 2.45) is 0 Å². The van der Waals surface area contributed by atoms with Crippen LogP contribution >= 0.6 is 0 Å². The molecule has 3 heteroatoms. The van der Waals surface area contributed by atoms with Crippen molar-refractivity contribution in [3.05, 3.63) is 0 Å². The molecule has 0 bridgehead atoms. The fraction of sp³-hybridized carbons (Fsp3) is 0.857. The van der Waals surface area contributed by atoms with Crippen molar-refractivity contribution in [1.82, 2.24) is 0 Å². The zero-order valence-corrected chi connectivity index (χ0v) is 7.81. The highest BCUT2D eigenvalue weighted by Crippen LogP contribution is 2.22. The average Bonchev–Trinajstić information content (AvgIpc) is 1.57. The lowest BCUT2D eigenvalue weighted by atomic mass is 9.95. The van der Waals surface area contributed by atoms with Crippen LogP contribution < -0.4 is 0 Å². The molecule has 2 nitrogen and oxygen atoms in total. The van der Waals surface area contributed by atoms with E-state index < -0.39 is 8.32 Å². The molecule has 0 unspecified atom stereocenters. The molecule has 0 atom stereocenters. The van der Waals surface area contributed by atoms with Gasteiger partial charge in [-0.15, -0.1) is 0 Å². The van der Waals surface area contributed by atoms with Crippen LogP contribution in [0, 0.1) is 0 Å². The van der Waals surface area contributed by atoms with Crippen molar-refractivity contribution in [3.8, 4) is 0 Å². The largest absolute Gasteiger partial charge is 0.414 e. The Labute approximate surface area is 62.7 Å². The maximum absolute atomic E-state index is 10.5. The van der Waals surface area contributed by atoms with E-state index in [1.165, 1.54) is 0 Å². The number of rotatable bonds is 2. The van der Waals surface area contributed by atoms with Gasteiger partial charge in [0.1, 0.15) is 5.78 Å². The van der Waals surface area contributed by atoms with Gasteiger partial charge in [0.15, 0.2) is 8.32 Å². The molecule has 0 radical (unpaired) electrons. The van der Waals surface area contributed by atoms with Crippen LogP contribution in [0.25, 0.3) is 0 Å². The second-order valence-electron chi connectivity index (χ2n) is 3.80.